The van der Waals surface area contributed by atoms with Gasteiger partial charge in [-0.2, -0.15) is 0 Å². The first-order valence-corrected chi connectivity index (χ1v) is 4.89. The van der Waals surface area contributed by atoms with E-state index < -0.39 is 4.92 Å². The summed E-state index contributed by atoms with van der Waals surface area (Å²) < 4.78 is 4.90. The molecule has 2 heterocycles. The molecule has 0 aromatic carbocycles. The van der Waals surface area contributed by atoms with Gasteiger partial charge in [-0.3, -0.25) is 10.1 Å². The number of pyridine rings is 1. The van der Waals surface area contributed by atoms with Crippen molar-refractivity contribution in [3.63, 3.8) is 0 Å². The largest absolute Gasteiger partial charge is 0.481 e. The van der Waals surface area contributed by atoms with Gasteiger partial charge in [0.1, 0.15) is 6.20 Å². The van der Waals surface area contributed by atoms with Gasteiger partial charge in [-0.15, -0.1) is 0 Å². The monoisotopic (exact) mass is 247 g/mol. The topological polar surface area (TPSA) is 117 Å². The van der Waals surface area contributed by atoms with E-state index in [1.165, 1.54) is 13.3 Å². The highest BCUT2D eigenvalue weighted by Crippen LogP contribution is 2.27. The molecule has 2 aromatic heterocycles. The van der Waals surface area contributed by atoms with Crippen molar-refractivity contribution in [1.82, 2.24) is 15.0 Å². The zero-order valence-corrected chi connectivity index (χ0v) is 9.40. The third-order valence-corrected chi connectivity index (χ3v) is 2.20. The lowest BCUT2D eigenvalue weighted by Gasteiger charge is -2.03. The quantitative estimate of drug-likeness (QED) is 0.635. The lowest BCUT2D eigenvalue weighted by molar-refractivity contribution is -0.384. The second-order valence-electron chi connectivity index (χ2n) is 3.31. The van der Waals surface area contributed by atoms with E-state index in [2.05, 4.69) is 15.0 Å². The second kappa shape index (κ2) is 4.62. The molecule has 0 aliphatic carbocycles. The Balaban J connectivity index is 2.54. The number of ether oxygens (including phenoxy) is 1. The zero-order chi connectivity index (χ0) is 13.1. The van der Waals surface area contributed by atoms with Gasteiger partial charge in [-0.1, -0.05) is 0 Å². The van der Waals surface area contributed by atoms with Crippen LogP contribution in [0.15, 0.2) is 24.5 Å². The van der Waals surface area contributed by atoms with E-state index in [0.29, 0.717) is 11.4 Å². The van der Waals surface area contributed by atoms with Crippen LogP contribution in [0.1, 0.15) is 0 Å². The van der Waals surface area contributed by atoms with Crippen LogP contribution in [0.3, 0.4) is 0 Å². The fourth-order valence-corrected chi connectivity index (χ4v) is 1.38. The molecule has 0 bridgehead atoms. The van der Waals surface area contributed by atoms with Gasteiger partial charge in [0.2, 0.25) is 11.8 Å². The molecule has 0 aliphatic heterocycles. The fourth-order valence-electron chi connectivity index (χ4n) is 1.38. The molecule has 2 aromatic rings. The molecule has 8 nitrogen and oxygen atoms in total. The molecule has 0 unspecified atom stereocenters. The summed E-state index contributed by atoms with van der Waals surface area (Å²) in [7, 11) is 1.48. The molecule has 0 fully saturated rings. The van der Waals surface area contributed by atoms with Crippen LogP contribution in [-0.2, 0) is 0 Å². The Morgan fingerprint density at radius 2 is 2.11 bits per heavy atom. The predicted molar refractivity (Wildman–Crippen MR) is 62.9 cm³/mol. The van der Waals surface area contributed by atoms with Crippen LogP contribution >= 0.6 is 0 Å². The van der Waals surface area contributed by atoms with E-state index in [-0.39, 0.29) is 17.3 Å². The number of anilines is 1. The number of nitro groups is 1. The first kappa shape index (κ1) is 11.7. The second-order valence-corrected chi connectivity index (χ2v) is 3.31. The summed E-state index contributed by atoms with van der Waals surface area (Å²) in [5.41, 5.74) is 5.80. The van der Waals surface area contributed by atoms with Crippen LogP contribution in [0.4, 0.5) is 11.6 Å². The number of hydrogen-bond acceptors (Lipinski definition) is 7. The van der Waals surface area contributed by atoms with Crippen molar-refractivity contribution in [2.75, 3.05) is 12.8 Å². The number of rotatable bonds is 3. The number of hydrogen-bond donors (Lipinski definition) is 1. The summed E-state index contributed by atoms with van der Waals surface area (Å²) in [4.78, 5) is 21.7. The number of nitrogen functional groups attached to an aromatic ring is 1. The van der Waals surface area contributed by atoms with E-state index in [4.69, 9.17) is 10.5 Å². The van der Waals surface area contributed by atoms with E-state index in [0.717, 1.165) is 6.20 Å². The maximum Gasteiger partial charge on any atom is 0.313 e. The van der Waals surface area contributed by atoms with Crippen molar-refractivity contribution in [3.05, 3.63) is 34.6 Å². The van der Waals surface area contributed by atoms with Crippen molar-refractivity contribution >= 4 is 11.6 Å². The number of methoxy groups -OCH3 is 1. The highest BCUT2D eigenvalue weighted by molar-refractivity contribution is 5.69. The van der Waals surface area contributed by atoms with Gasteiger partial charge in [0, 0.05) is 17.8 Å². The van der Waals surface area contributed by atoms with E-state index >= 15 is 0 Å². The van der Waals surface area contributed by atoms with Crippen molar-refractivity contribution in [3.8, 4) is 17.1 Å². The molecule has 0 aliphatic rings. The van der Waals surface area contributed by atoms with Gasteiger partial charge < -0.3 is 10.5 Å². The highest BCUT2D eigenvalue weighted by Gasteiger charge is 2.18. The summed E-state index contributed by atoms with van der Waals surface area (Å²) in [6.07, 6.45) is 2.50. The lowest BCUT2D eigenvalue weighted by Crippen LogP contribution is -2.01. The molecule has 8 heteroatoms. The van der Waals surface area contributed by atoms with Gasteiger partial charge in [0.25, 0.3) is 0 Å². The number of nitrogens with zero attached hydrogens (tertiary/aromatic N) is 4. The van der Waals surface area contributed by atoms with Crippen molar-refractivity contribution in [2.24, 2.45) is 0 Å². The molecule has 0 spiro atoms. The fraction of sp³-hybridized carbons (Fsp3) is 0.100. The summed E-state index contributed by atoms with van der Waals surface area (Å²) in [6, 6.07) is 3.19. The molecule has 0 amide bonds. The van der Waals surface area contributed by atoms with Crippen LogP contribution in [0.2, 0.25) is 0 Å². The molecule has 2 N–H and O–H groups in total. The van der Waals surface area contributed by atoms with Crippen LogP contribution in [0.25, 0.3) is 11.3 Å². The molecule has 0 saturated carbocycles. The van der Waals surface area contributed by atoms with Crippen LogP contribution in [0, 0.1) is 10.1 Å². The smallest absolute Gasteiger partial charge is 0.313 e. The Bertz CT molecular complexity index is 585. The third-order valence-electron chi connectivity index (χ3n) is 2.20. The average molecular weight is 247 g/mol. The van der Waals surface area contributed by atoms with Gasteiger partial charge in [-0.05, 0) is 6.07 Å². The maximum atomic E-state index is 10.9. The van der Waals surface area contributed by atoms with Crippen LogP contribution in [0.5, 0.6) is 5.88 Å². The number of aromatic nitrogens is 3. The molecule has 92 valence electrons. The van der Waals surface area contributed by atoms with Gasteiger partial charge in [0.15, 0.2) is 5.69 Å². The SMILES string of the molecule is COc1ccc(-c2nc(N)ncc2[N+](=O)[O-])cn1. The molecule has 2 rings (SSSR count). The Kier molecular flexibility index (Phi) is 3.00. The predicted octanol–water partition coefficient (Wildman–Crippen LogP) is 1.04. The van der Waals surface area contributed by atoms with Gasteiger partial charge in [0.05, 0.1) is 12.0 Å². The van der Waals surface area contributed by atoms with Crippen LogP contribution < -0.4 is 10.5 Å². The van der Waals surface area contributed by atoms with E-state index in [1.54, 1.807) is 12.1 Å². The molecular weight excluding hydrogens is 238 g/mol. The van der Waals surface area contributed by atoms with Crippen molar-refractivity contribution in [2.45, 2.75) is 0 Å². The molecular formula is C10H9N5O3. The lowest BCUT2D eigenvalue weighted by atomic mass is 10.2. The molecule has 0 radical (unpaired) electrons. The standard InChI is InChI=1S/C10H9N5O3/c1-18-8-3-2-6(4-12-8)9-7(15(16)17)5-13-10(11)14-9/h2-5H,1H3,(H2,11,13,14). The highest BCUT2D eigenvalue weighted by atomic mass is 16.6. The van der Waals surface area contributed by atoms with Crippen molar-refractivity contribution in [1.29, 1.82) is 0 Å². The van der Waals surface area contributed by atoms with E-state index in [9.17, 15) is 10.1 Å². The zero-order valence-electron chi connectivity index (χ0n) is 9.40. The van der Waals surface area contributed by atoms with Crippen LogP contribution in [-0.4, -0.2) is 27.0 Å². The normalized spacial score (nSPS) is 10.1. The Hall–Kier alpha value is -2.77. The molecule has 0 atom stereocenters. The third kappa shape index (κ3) is 2.17. The summed E-state index contributed by atoms with van der Waals surface area (Å²) in [6.45, 7) is 0. The van der Waals surface area contributed by atoms with E-state index in [1.807, 2.05) is 0 Å². The Morgan fingerprint density at radius 3 is 2.67 bits per heavy atom. The van der Waals surface area contributed by atoms with Crippen molar-refractivity contribution < 1.29 is 9.66 Å². The Labute approximate surface area is 102 Å². The first-order valence-electron chi connectivity index (χ1n) is 4.89. The summed E-state index contributed by atoms with van der Waals surface area (Å²) in [5, 5.41) is 10.9. The average Bonchev–Trinajstić information content (AvgIpc) is 2.38. The van der Waals surface area contributed by atoms with Gasteiger partial charge in [-0.25, -0.2) is 15.0 Å². The van der Waals surface area contributed by atoms with Gasteiger partial charge >= 0.3 is 5.69 Å². The first-order chi connectivity index (χ1) is 8.61. The summed E-state index contributed by atoms with van der Waals surface area (Å²) in [5.74, 6) is 0.370. The minimum atomic E-state index is -0.570. The molecule has 18 heavy (non-hydrogen) atoms. The minimum Gasteiger partial charge on any atom is -0.481 e. The minimum absolute atomic E-state index is 0.0357. The number of nitrogens with two attached hydrogens (primary N) is 1. The maximum absolute atomic E-state index is 10.9. The summed E-state index contributed by atoms with van der Waals surface area (Å²) >= 11 is 0. The molecule has 0 saturated heterocycles. The Morgan fingerprint density at radius 1 is 1.33 bits per heavy atom.